The molecule has 0 unspecified atom stereocenters. The van der Waals surface area contributed by atoms with Crippen LogP contribution < -0.4 is 5.32 Å². The van der Waals surface area contributed by atoms with Crippen molar-refractivity contribution >= 4 is 22.9 Å². The highest BCUT2D eigenvalue weighted by Gasteiger charge is 2.10. The molecule has 0 atom stereocenters. The molecule has 3 aromatic rings. The van der Waals surface area contributed by atoms with Crippen LogP contribution in [0.1, 0.15) is 32.2 Å². The number of anilines is 1. The number of rotatable bonds is 5. The second kappa shape index (κ2) is 9.31. The Bertz CT molecular complexity index is 885. The van der Waals surface area contributed by atoms with Gasteiger partial charge in [-0.15, -0.1) is 5.10 Å². The molecule has 7 nitrogen and oxygen atoms in total. The SMILES string of the molecule is C=C(N=C(C)OC)c1nc(NCc2ccncc2)c2cccn2n1.CC. The summed E-state index contributed by atoms with van der Waals surface area (Å²) < 4.78 is 6.81. The van der Waals surface area contributed by atoms with Gasteiger partial charge in [-0.3, -0.25) is 4.98 Å². The molecule has 1 N–H and O–H groups in total. The van der Waals surface area contributed by atoms with E-state index in [0.717, 1.165) is 11.1 Å². The second-order valence-electron chi connectivity index (χ2n) is 5.11. The number of nitrogens with one attached hydrogen (secondary N) is 1. The Kier molecular flexibility index (Phi) is 6.84. The minimum absolute atomic E-state index is 0.437. The van der Waals surface area contributed by atoms with E-state index in [1.165, 1.54) is 0 Å². The third kappa shape index (κ3) is 4.66. The second-order valence-corrected chi connectivity index (χ2v) is 5.11. The molecule has 0 aromatic carbocycles. The topological polar surface area (TPSA) is 76.7 Å². The fourth-order valence-corrected chi connectivity index (χ4v) is 2.16. The van der Waals surface area contributed by atoms with Gasteiger partial charge in [0.2, 0.25) is 0 Å². The zero-order chi connectivity index (χ0) is 18.9. The monoisotopic (exact) mass is 352 g/mol. The highest BCUT2D eigenvalue weighted by molar-refractivity contribution is 5.80. The smallest absolute Gasteiger partial charge is 0.200 e. The average Bonchev–Trinajstić information content (AvgIpc) is 3.17. The van der Waals surface area contributed by atoms with Crippen molar-refractivity contribution in [1.82, 2.24) is 19.6 Å². The van der Waals surface area contributed by atoms with Crippen LogP contribution in [0.15, 0.2) is 54.4 Å². The maximum Gasteiger partial charge on any atom is 0.200 e. The lowest BCUT2D eigenvalue weighted by Crippen LogP contribution is -2.08. The first-order valence-electron chi connectivity index (χ1n) is 8.44. The lowest BCUT2D eigenvalue weighted by atomic mass is 10.3. The van der Waals surface area contributed by atoms with Crippen molar-refractivity contribution in [2.75, 3.05) is 12.4 Å². The van der Waals surface area contributed by atoms with Gasteiger partial charge in [-0.2, -0.15) is 0 Å². The van der Waals surface area contributed by atoms with Gasteiger partial charge in [-0.05, 0) is 29.8 Å². The molecule has 0 saturated carbocycles. The number of hydrogen-bond acceptors (Lipinski definition) is 6. The molecule has 0 aliphatic heterocycles. The fraction of sp³-hybridized carbons (Fsp3) is 0.263. The summed E-state index contributed by atoms with van der Waals surface area (Å²) in [5.74, 6) is 1.66. The van der Waals surface area contributed by atoms with Gasteiger partial charge in [0.1, 0.15) is 11.2 Å². The standard InChI is InChI=1S/C17H18N6O.C2H6/c1-12(20-13(2)24-3)16-21-17(15-5-4-10-23(15)22-16)19-11-14-6-8-18-9-7-14;1-2/h4-10H,1,11H2,2-3H3,(H,19,21,22);1-2H3. The van der Waals surface area contributed by atoms with Crippen molar-refractivity contribution in [3.05, 3.63) is 60.8 Å². The van der Waals surface area contributed by atoms with Crippen LogP contribution in [0.3, 0.4) is 0 Å². The largest absolute Gasteiger partial charge is 0.484 e. The molecular formula is C19H24N6O. The summed E-state index contributed by atoms with van der Waals surface area (Å²) in [5, 5.41) is 7.76. The van der Waals surface area contributed by atoms with Crippen LogP contribution in [-0.4, -0.2) is 32.6 Å². The van der Waals surface area contributed by atoms with E-state index in [4.69, 9.17) is 4.74 Å². The minimum Gasteiger partial charge on any atom is -0.484 e. The van der Waals surface area contributed by atoms with Gasteiger partial charge in [0.25, 0.3) is 0 Å². The lowest BCUT2D eigenvalue weighted by molar-refractivity contribution is 0.400. The van der Waals surface area contributed by atoms with Crippen LogP contribution >= 0.6 is 0 Å². The van der Waals surface area contributed by atoms with Gasteiger partial charge in [-0.25, -0.2) is 14.5 Å². The van der Waals surface area contributed by atoms with Gasteiger partial charge in [0, 0.05) is 32.1 Å². The quantitative estimate of drug-likeness (QED) is 0.558. The summed E-state index contributed by atoms with van der Waals surface area (Å²) in [4.78, 5) is 12.8. The summed E-state index contributed by atoms with van der Waals surface area (Å²) in [6.07, 6.45) is 5.39. The molecule has 0 radical (unpaired) electrons. The maximum absolute atomic E-state index is 5.06. The van der Waals surface area contributed by atoms with Crippen LogP contribution in [0, 0.1) is 0 Å². The normalized spacial score (nSPS) is 10.8. The van der Waals surface area contributed by atoms with Crippen molar-refractivity contribution in [1.29, 1.82) is 0 Å². The number of pyridine rings is 1. The van der Waals surface area contributed by atoms with Gasteiger partial charge in [0.15, 0.2) is 17.5 Å². The summed E-state index contributed by atoms with van der Waals surface area (Å²) in [5.41, 5.74) is 2.44. The average molecular weight is 352 g/mol. The van der Waals surface area contributed by atoms with E-state index in [0.29, 0.717) is 29.8 Å². The Morgan fingerprint density at radius 1 is 1.27 bits per heavy atom. The van der Waals surface area contributed by atoms with Crippen LogP contribution in [0.25, 0.3) is 11.2 Å². The van der Waals surface area contributed by atoms with Gasteiger partial charge in [-0.1, -0.05) is 20.4 Å². The van der Waals surface area contributed by atoms with Crippen LogP contribution in [-0.2, 0) is 11.3 Å². The Morgan fingerprint density at radius 3 is 2.69 bits per heavy atom. The molecule has 3 aromatic heterocycles. The first kappa shape index (κ1) is 19.1. The summed E-state index contributed by atoms with van der Waals surface area (Å²) in [7, 11) is 1.56. The zero-order valence-corrected chi connectivity index (χ0v) is 15.6. The summed E-state index contributed by atoms with van der Waals surface area (Å²) in [6, 6.07) is 7.77. The molecular weight excluding hydrogens is 328 g/mol. The predicted octanol–water partition coefficient (Wildman–Crippen LogP) is 3.80. The molecule has 3 rings (SSSR count). The number of nitrogens with zero attached hydrogens (tertiary/aromatic N) is 5. The van der Waals surface area contributed by atoms with Gasteiger partial charge in [0.05, 0.1) is 7.11 Å². The highest BCUT2D eigenvalue weighted by Crippen LogP contribution is 2.19. The molecule has 3 heterocycles. The third-order valence-corrected chi connectivity index (χ3v) is 3.45. The number of hydrogen-bond donors (Lipinski definition) is 1. The van der Waals surface area contributed by atoms with Crippen molar-refractivity contribution in [3.63, 3.8) is 0 Å². The number of fused-ring (bicyclic) bond motifs is 1. The van der Waals surface area contributed by atoms with E-state index in [-0.39, 0.29) is 0 Å². The number of aliphatic imine (C=N–C) groups is 1. The van der Waals surface area contributed by atoms with E-state index in [9.17, 15) is 0 Å². The van der Waals surface area contributed by atoms with Gasteiger partial charge >= 0.3 is 0 Å². The number of aromatic nitrogens is 4. The molecule has 0 saturated heterocycles. The van der Waals surface area contributed by atoms with Crippen LogP contribution in [0.4, 0.5) is 5.82 Å². The maximum atomic E-state index is 5.06. The van der Waals surface area contributed by atoms with Crippen molar-refractivity contribution < 1.29 is 4.74 Å². The molecule has 7 heteroatoms. The zero-order valence-electron chi connectivity index (χ0n) is 15.6. The Labute approximate surface area is 153 Å². The Hall–Kier alpha value is -3.22. The fourth-order valence-electron chi connectivity index (χ4n) is 2.16. The summed E-state index contributed by atoms with van der Waals surface area (Å²) in [6.45, 7) is 10.3. The van der Waals surface area contributed by atoms with Crippen molar-refractivity contribution in [3.8, 4) is 0 Å². The number of methoxy groups -OCH3 is 1. The molecule has 0 fully saturated rings. The Balaban J connectivity index is 0.00000117. The molecule has 0 aliphatic rings. The predicted molar refractivity (Wildman–Crippen MR) is 105 cm³/mol. The molecule has 0 amide bonds. The van der Waals surface area contributed by atoms with E-state index >= 15 is 0 Å². The van der Waals surface area contributed by atoms with Crippen LogP contribution in [0.5, 0.6) is 0 Å². The molecule has 0 aliphatic carbocycles. The van der Waals surface area contributed by atoms with E-state index in [1.807, 2.05) is 44.3 Å². The summed E-state index contributed by atoms with van der Waals surface area (Å²) >= 11 is 0. The molecule has 26 heavy (non-hydrogen) atoms. The first-order chi connectivity index (χ1) is 12.7. The highest BCUT2D eigenvalue weighted by atomic mass is 16.5. The third-order valence-electron chi connectivity index (χ3n) is 3.45. The lowest BCUT2D eigenvalue weighted by Gasteiger charge is -2.10. The molecule has 0 bridgehead atoms. The van der Waals surface area contributed by atoms with E-state index in [2.05, 4.69) is 32.0 Å². The first-order valence-corrected chi connectivity index (χ1v) is 8.44. The Morgan fingerprint density at radius 2 is 2.00 bits per heavy atom. The van der Waals surface area contributed by atoms with E-state index in [1.54, 1.807) is 30.9 Å². The van der Waals surface area contributed by atoms with Crippen molar-refractivity contribution in [2.24, 2.45) is 4.99 Å². The van der Waals surface area contributed by atoms with E-state index < -0.39 is 0 Å². The minimum atomic E-state index is 0.437. The molecule has 0 spiro atoms. The molecule has 136 valence electrons. The van der Waals surface area contributed by atoms with Gasteiger partial charge < -0.3 is 10.1 Å². The van der Waals surface area contributed by atoms with Crippen LogP contribution in [0.2, 0.25) is 0 Å². The van der Waals surface area contributed by atoms with Crippen molar-refractivity contribution in [2.45, 2.75) is 27.3 Å². The number of ether oxygens (including phenoxy) is 1.